The number of esters is 2. The van der Waals surface area contributed by atoms with Crippen molar-refractivity contribution in [3.8, 4) is 0 Å². The summed E-state index contributed by atoms with van der Waals surface area (Å²) in [6, 6.07) is 0. The van der Waals surface area contributed by atoms with Crippen LogP contribution in [0.4, 0.5) is 0 Å². The Labute approximate surface area is 208 Å². The fourth-order valence-corrected chi connectivity index (χ4v) is 8.80. The van der Waals surface area contributed by atoms with Crippen molar-refractivity contribution < 1.29 is 23.9 Å². The van der Waals surface area contributed by atoms with E-state index in [-0.39, 0.29) is 45.8 Å². The molecule has 0 spiro atoms. The van der Waals surface area contributed by atoms with Crippen LogP contribution in [-0.2, 0) is 23.9 Å². The minimum atomic E-state index is -0.544. The SMILES string of the molecule is CCOC(=O)/C=C/[C@@H](C)[C@H]1CC[C@H]2[C@@H]3[C@H](Cl)[C@@H](OC(C)=O)C4=CC(=O)CC[C@]4(C)[C@H]3CC[C@]12C. The number of hydrogen-bond donors (Lipinski definition) is 0. The van der Waals surface area contributed by atoms with Gasteiger partial charge < -0.3 is 9.47 Å². The molecular formula is C28H39ClO5. The zero-order valence-corrected chi connectivity index (χ0v) is 21.9. The number of hydrogen-bond acceptors (Lipinski definition) is 5. The van der Waals surface area contributed by atoms with E-state index in [1.165, 1.54) is 6.92 Å². The maximum Gasteiger partial charge on any atom is 0.330 e. The van der Waals surface area contributed by atoms with Gasteiger partial charge >= 0.3 is 11.9 Å². The molecule has 0 aromatic carbocycles. The van der Waals surface area contributed by atoms with E-state index in [2.05, 4.69) is 20.8 Å². The van der Waals surface area contributed by atoms with Gasteiger partial charge in [0.25, 0.3) is 0 Å². The Balaban J connectivity index is 1.65. The second-order valence-electron chi connectivity index (χ2n) is 11.4. The Kier molecular flexibility index (Phi) is 7.07. The van der Waals surface area contributed by atoms with Crippen LogP contribution in [0.5, 0.6) is 0 Å². The van der Waals surface area contributed by atoms with Gasteiger partial charge in [-0.05, 0) is 91.1 Å². The van der Waals surface area contributed by atoms with Crippen LogP contribution in [0.1, 0.15) is 73.1 Å². The first-order valence-electron chi connectivity index (χ1n) is 12.9. The molecule has 5 nitrogen and oxygen atoms in total. The van der Waals surface area contributed by atoms with Gasteiger partial charge in [-0.15, -0.1) is 11.6 Å². The van der Waals surface area contributed by atoms with E-state index in [4.69, 9.17) is 21.1 Å². The predicted octanol–water partition coefficient (Wildman–Crippen LogP) is 5.65. The number of carbonyl (C=O) groups is 3. The fourth-order valence-electron chi connectivity index (χ4n) is 8.27. The number of halogens is 1. The number of fused-ring (bicyclic) bond motifs is 5. The molecule has 6 heteroatoms. The lowest BCUT2D eigenvalue weighted by Gasteiger charge is -2.61. The molecule has 0 aliphatic heterocycles. The molecule has 4 aliphatic rings. The first kappa shape index (κ1) is 25.5. The molecule has 188 valence electrons. The van der Waals surface area contributed by atoms with Gasteiger partial charge in [0.05, 0.1) is 12.0 Å². The van der Waals surface area contributed by atoms with Crippen molar-refractivity contribution in [1.29, 1.82) is 0 Å². The molecule has 0 aromatic heterocycles. The molecule has 0 unspecified atom stereocenters. The van der Waals surface area contributed by atoms with Crippen molar-refractivity contribution in [2.75, 3.05) is 6.61 Å². The van der Waals surface area contributed by atoms with Crippen molar-refractivity contribution in [3.63, 3.8) is 0 Å². The van der Waals surface area contributed by atoms with E-state index < -0.39 is 6.10 Å². The molecule has 0 heterocycles. The topological polar surface area (TPSA) is 69.7 Å². The van der Waals surface area contributed by atoms with Crippen molar-refractivity contribution in [1.82, 2.24) is 0 Å². The van der Waals surface area contributed by atoms with Crippen LogP contribution in [0.25, 0.3) is 0 Å². The van der Waals surface area contributed by atoms with Gasteiger partial charge in [-0.2, -0.15) is 0 Å². The first-order chi connectivity index (χ1) is 16.0. The van der Waals surface area contributed by atoms with Crippen molar-refractivity contribution in [2.24, 2.45) is 40.4 Å². The molecule has 0 bridgehead atoms. The van der Waals surface area contributed by atoms with Gasteiger partial charge in [-0.3, -0.25) is 9.59 Å². The Hall–Kier alpha value is -1.62. The summed E-state index contributed by atoms with van der Waals surface area (Å²) in [5.74, 6) is 1.22. The number of rotatable bonds is 5. The zero-order chi connectivity index (χ0) is 24.8. The fraction of sp³-hybridized carbons (Fsp3) is 0.750. The van der Waals surface area contributed by atoms with Crippen molar-refractivity contribution in [2.45, 2.75) is 84.6 Å². The number of ether oxygens (including phenoxy) is 2. The monoisotopic (exact) mass is 490 g/mol. The summed E-state index contributed by atoms with van der Waals surface area (Å²) < 4.78 is 10.9. The smallest absolute Gasteiger partial charge is 0.330 e. The van der Waals surface area contributed by atoms with Gasteiger partial charge in [0.2, 0.25) is 0 Å². The summed E-state index contributed by atoms with van der Waals surface area (Å²) in [5.41, 5.74) is 0.873. The lowest BCUT2D eigenvalue weighted by Crippen LogP contribution is -2.59. The highest BCUT2D eigenvalue weighted by Crippen LogP contribution is 2.68. The minimum absolute atomic E-state index is 0.107. The summed E-state index contributed by atoms with van der Waals surface area (Å²) in [5, 5.41) is -0.340. The van der Waals surface area contributed by atoms with Crippen LogP contribution < -0.4 is 0 Å². The third-order valence-electron chi connectivity index (χ3n) is 9.80. The third-order valence-corrected chi connectivity index (χ3v) is 10.3. The van der Waals surface area contributed by atoms with E-state index in [9.17, 15) is 14.4 Å². The van der Waals surface area contributed by atoms with E-state index in [1.807, 2.05) is 13.0 Å². The molecule has 4 rings (SSSR count). The lowest BCUT2D eigenvalue weighted by atomic mass is 9.45. The highest BCUT2D eigenvalue weighted by Gasteiger charge is 2.64. The number of alkyl halides is 1. The summed E-state index contributed by atoms with van der Waals surface area (Å²) >= 11 is 7.22. The summed E-state index contributed by atoms with van der Waals surface area (Å²) in [6.45, 7) is 10.5. The standard InChI is InChI=1S/C28H39ClO5/c1-6-33-23(32)10-7-16(2)19-8-9-20-24-21(12-14-27(19,20)4)28(5)13-11-18(31)15-22(28)26(25(24)29)34-17(3)30/h7,10,15-16,19-21,24-26H,6,8-9,11-14H2,1-5H3/b10-7+/t16-,19-,20+,21+,24+,25+,26+,27-,28-/m1/s1. The molecular weight excluding hydrogens is 452 g/mol. The first-order valence-corrected chi connectivity index (χ1v) is 13.4. The highest BCUT2D eigenvalue weighted by atomic mass is 35.5. The summed E-state index contributed by atoms with van der Waals surface area (Å²) in [4.78, 5) is 36.3. The molecule has 0 saturated heterocycles. The molecule has 34 heavy (non-hydrogen) atoms. The largest absolute Gasteiger partial charge is 0.463 e. The second-order valence-corrected chi connectivity index (χ2v) is 12.0. The van der Waals surface area contributed by atoms with Crippen LogP contribution in [0, 0.1) is 40.4 Å². The van der Waals surface area contributed by atoms with Crippen LogP contribution in [0.3, 0.4) is 0 Å². The average Bonchev–Trinajstić information content (AvgIpc) is 3.13. The number of carbonyl (C=O) groups excluding carboxylic acids is 3. The maximum atomic E-state index is 12.4. The molecule has 0 amide bonds. The highest BCUT2D eigenvalue weighted by molar-refractivity contribution is 6.21. The van der Waals surface area contributed by atoms with Crippen molar-refractivity contribution in [3.05, 3.63) is 23.8 Å². The van der Waals surface area contributed by atoms with Gasteiger partial charge in [0.1, 0.15) is 6.10 Å². The summed E-state index contributed by atoms with van der Waals surface area (Å²) in [7, 11) is 0. The Morgan fingerprint density at radius 3 is 2.62 bits per heavy atom. The van der Waals surface area contributed by atoms with E-state index >= 15 is 0 Å². The van der Waals surface area contributed by atoms with Crippen LogP contribution in [-0.4, -0.2) is 35.8 Å². The van der Waals surface area contributed by atoms with Gasteiger partial charge in [-0.25, -0.2) is 4.79 Å². The van der Waals surface area contributed by atoms with E-state index in [0.717, 1.165) is 37.7 Å². The third kappa shape index (κ3) is 4.16. The Morgan fingerprint density at radius 2 is 1.94 bits per heavy atom. The average molecular weight is 491 g/mol. The number of allylic oxidation sites excluding steroid dienone is 1. The van der Waals surface area contributed by atoms with E-state index in [1.54, 1.807) is 12.2 Å². The Bertz CT molecular complexity index is 908. The maximum absolute atomic E-state index is 12.4. The van der Waals surface area contributed by atoms with Gasteiger partial charge in [-0.1, -0.05) is 26.8 Å². The summed E-state index contributed by atoms with van der Waals surface area (Å²) in [6.07, 6.45) is 10.5. The van der Waals surface area contributed by atoms with Crippen LogP contribution >= 0.6 is 11.6 Å². The lowest BCUT2D eigenvalue weighted by molar-refractivity contribution is -0.152. The predicted molar refractivity (Wildman–Crippen MR) is 131 cm³/mol. The van der Waals surface area contributed by atoms with Crippen LogP contribution in [0.2, 0.25) is 0 Å². The normalized spacial score (nSPS) is 42.3. The van der Waals surface area contributed by atoms with Gasteiger partial charge in [0, 0.05) is 19.4 Å². The second kappa shape index (κ2) is 9.44. The molecule has 0 aromatic rings. The molecule has 3 saturated carbocycles. The van der Waals surface area contributed by atoms with Gasteiger partial charge in [0.15, 0.2) is 5.78 Å². The minimum Gasteiger partial charge on any atom is -0.463 e. The molecule has 4 aliphatic carbocycles. The molecule has 0 N–H and O–H groups in total. The molecule has 3 fully saturated rings. The Morgan fingerprint density at radius 1 is 1.21 bits per heavy atom. The molecule has 9 atom stereocenters. The number of ketones is 1. The quantitative estimate of drug-likeness (QED) is 0.283. The molecule has 0 radical (unpaired) electrons. The van der Waals surface area contributed by atoms with Crippen LogP contribution in [0.15, 0.2) is 23.8 Å². The van der Waals surface area contributed by atoms with E-state index in [0.29, 0.717) is 30.8 Å². The van der Waals surface area contributed by atoms with Crippen molar-refractivity contribution >= 4 is 29.3 Å². The zero-order valence-electron chi connectivity index (χ0n) is 21.1.